The van der Waals surface area contributed by atoms with Crippen LogP contribution in [0.5, 0.6) is 5.75 Å². The molecule has 0 N–H and O–H groups in total. The number of hydrogen-bond acceptors (Lipinski definition) is 7. The molecule has 4 rings (SSSR count). The maximum absolute atomic E-state index is 12.9. The maximum atomic E-state index is 12.9. The van der Waals surface area contributed by atoms with E-state index >= 15 is 0 Å². The third-order valence-electron chi connectivity index (χ3n) is 6.56. The van der Waals surface area contributed by atoms with Crippen molar-refractivity contribution in [2.75, 3.05) is 20.8 Å². The Bertz CT molecular complexity index is 1260. The molecule has 3 aromatic rings. The highest BCUT2D eigenvalue weighted by Crippen LogP contribution is 2.37. The molecule has 192 valence electrons. The van der Waals surface area contributed by atoms with Crippen LogP contribution >= 0.6 is 0 Å². The molecule has 36 heavy (non-hydrogen) atoms. The Kier molecular flexibility index (Phi) is 7.36. The van der Waals surface area contributed by atoms with Crippen molar-refractivity contribution < 1.29 is 23.8 Å². The molecule has 8 nitrogen and oxygen atoms in total. The molecule has 0 saturated carbocycles. The van der Waals surface area contributed by atoms with E-state index in [4.69, 9.17) is 14.2 Å². The van der Waals surface area contributed by atoms with E-state index in [9.17, 15) is 9.59 Å². The number of fused-ring (bicyclic) bond motifs is 1. The number of hydrogen-bond donors (Lipinski definition) is 0. The van der Waals surface area contributed by atoms with E-state index in [1.165, 1.54) is 7.11 Å². The van der Waals surface area contributed by atoms with E-state index in [-0.39, 0.29) is 6.04 Å². The van der Waals surface area contributed by atoms with Gasteiger partial charge in [-0.2, -0.15) is 0 Å². The molecule has 8 heteroatoms. The number of carbonyl (C=O) groups is 2. The molecule has 0 bridgehead atoms. The van der Waals surface area contributed by atoms with E-state index in [0.717, 1.165) is 59.3 Å². The smallest absolute Gasteiger partial charge is 0.419 e. The Hall–Kier alpha value is -3.39. The van der Waals surface area contributed by atoms with Gasteiger partial charge in [0.2, 0.25) is 0 Å². The van der Waals surface area contributed by atoms with Crippen LogP contribution in [0.4, 0.5) is 4.79 Å². The minimum Gasteiger partial charge on any atom is -0.496 e. The number of piperidine rings is 1. The summed E-state index contributed by atoms with van der Waals surface area (Å²) in [6, 6.07) is 7.75. The summed E-state index contributed by atoms with van der Waals surface area (Å²) >= 11 is 0. The van der Waals surface area contributed by atoms with Crippen molar-refractivity contribution in [2.24, 2.45) is 0 Å². The largest absolute Gasteiger partial charge is 0.496 e. The molecule has 1 aromatic carbocycles. The second-order valence-corrected chi connectivity index (χ2v) is 10.2. The fourth-order valence-corrected chi connectivity index (χ4v) is 4.93. The molecule has 3 heterocycles. The van der Waals surface area contributed by atoms with Gasteiger partial charge in [-0.15, -0.1) is 0 Å². The lowest BCUT2D eigenvalue weighted by molar-refractivity contribution is 0.0542. The summed E-state index contributed by atoms with van der Waals surface area (Å²) in [5.74, 6) is 0.399. The molecule has 1 atom stereocenters. The van der Waals surface area contributed by atoms with Gasteiger partial charge in [0.15, 0.2) is 0 Å². The van der Waals surface area contributed by atoms with Crippen molar-refractivity contribution in [1.82, 2.24) is 14.5 Å². The van der Waals surface area contributed by atoms with Crippen LogP contribution in [0.15, 0.2) is 36.7 Å². The average molecular weight is 494 g/mol. The first-order valence-corrected chi connectivity index (χ1v) is 12.3. The maximum Gasteiger partial charge on any atom is 0.419 e. The molecule has 0 spiro atoms. The summed E-state index contributed by atoms with van der Waals surface area (Å²) in [4.78, 5) is 31.8. The summed E-state index contributed by atoms with van der Waals surface area (Å²) in [6.45, 7) is 9.12. The van der Waals surface area contributed by atoms with Crippen molar-refractivity contribution in [3.8, 4) is 5.75 Å². The van der Waals surface area contributed by atoms with E-state index in [0.29, 0.717) is 12.1 Å². The highest BCUT2D eigenvalue weighted by atomic mass is 16.6. The number of methoxy groups -OCH3 is 2. The first-order chi connectivity index (χ1) is 17.1. The van der Waals surface area contributed by atoms with Gasteiger partial charge in [0, 0.05) is 29.9 Å². The Morgan fingerprint density at radius 1 is 1.14 bits per heavy atom. The van der Waals surface area contributed by atoms with Gasteiger partial charge in [-0.3, -0.25) is 14.5 Å². The van der Waals surface area contributed by atoms with Crippen molar-refractivity contribution in [2.45, 2.75) is 65.1 Å². The Morgan fingerprint density at radius 3 is 2.56 bits per heavy atom. The number of ether oxygens (including phenoxy) is 3. The Labute approximate surface area is 212 Å². The summed E-state index contributed by atoms with van der Waals surface area (Å²) in [5.41, 5.74) is 3.57. The minimum absolute atomic E-state index is 0.111. The highest BCUT2D eigenvalue weighted by Gasteiger charge is 2.28. The van der Waals surface area contributed by atoms with Crippen LogP contribution in [0.25, 0.3) is 10.9 Å². The van der Waals surface area contributed by atoms with E-state index in [2.05, 4.69) is 9.88 Å². The monoisotopic (exact) mass is 493 g/mol. The topological polar surface area (TPSA) is 82.9 Å². The van der Waals surface area contributed by atoms with E-state index in [1.54, 1.807) is 30.1 Å². The SMILES string of the molecule is COC(=O)c1ccc(C2CCCCN2Cc2c(OC)cc(C)c3c2ccn3C(=O)OC(C)(C)C)nc1. The minimum atomic E-state index is -0.589. The second-order valence-electron chi connectivity index (χ2n) is 10.2. The molecule has 1 aliphatic rings. The van der Waals surface area contributed by atoms with Gasteiger partial charge in [-0.25, -0.2) is 9.59 Å². The van der Waals surface area contributed by atoms with Gasteiger partial charge in [0.05, 0.1) is 37.0 Å². The summed E-state index contributed by atoms with van der Waals surface area (Å²) in [6.07, 6.45) is 6.13. The molecular formula is C28H35N3O5. The van der Waals surface area contributed by atoms with Gasteiger partial charge in [-0.1, -0.05) is 6.42 Å². The normalized spacial score (nSPS) is 16.7. The van der Waals surface area contributed by atoms with Crippen molar-refractivity contribution in [1.29, 1.82) is 0 Å². The van der Waals surface area contributed by atoms with Gasteiger partial charge in [0.25, 0.3) is 0 Å². The summed E-state index contributed by atoms with van der Waals surface area (Å²) in [7, 11) is 3.04. The lowest BCUT2D eigenvalue weighted by Gasteiger charge is -2.36. The number of esters is 1. The van der Waals surface area contributed by atoms with Crippen molar-refractivity contribution in [3.05, 3.63) is 59.0 Å². The molecule has 1 saturated heterocycles. The molecule has 0 aliphatic carbocycles. The fraction of sp³-hybridized carbons (Fsp3) is 0.464. The molecule has 1 unspecified atom stereocenters. The summed E-state index contributed by atoms with van der Waals surface area (Å²) < 4.78 is 17.8. The number of aryl methyl sites for hydroxylation is 1. The third kappa shape index (κ3) is 5.23. The van der Waals surface area contributed by atoms with Crippen LogP contribution < -0.4 is 4.74 Å². The van der Waals surface area contributed by atoms with Gasteiger partial charge < -0.3 is 14.2 Å². The molecule has 1 fully saturated rings. The first kappa shape index (κ1) is 25.7. The Balaban J connectivity index is 1.70. The molecule has 0 amide bonds. The zero-order valence-corrected chi connectivity index (χ0v) is 22.0. The van der Waals surface area contributed by atoms with Crippen LogP contribution in [0.3, 0.4) is 0 Å². The standard InChI is InChI=1S/C28H35N3O5/c1-18-15-24(34-5)21(20-12-14-31(25(18)20)27(33)36-28(2,3)4)17-30-13-8-7-9-23(30)22-11-10-19(16-29-22)26(32)35-6/h10-12,14-16,23H,7-9,13,17H2,1-6H3. The van der Waals surface area contributed by atoms with E-state index in [1.807, 2.05) is 45.9 Å². The first-order valence-electron chi connectivity index (χ1n) is 12.3. The van der Waals surface area contributed by atoms with Crippen LogP contribution in [-0.2, 0) is 16.0 Å². The van der Waals surface area contributed by atoms with Gasteiger partial charge >= 0.3 is 12.1 Å². The van der Waals surface area contributed by atoms with Crippen LogP contribution in [0.2, 0.25) is 0 Å². The number of aromatic nitrogens is 2. The zero-order valence-electron chi connectivity index (χ0n) is 22.0. The van der Waals surface area contributed by atoms with Crippen LogP contribution in [-0.4, -0.2) is 52.9 Å². The third-order valence-corrected chi connectivity index (χ3v) is 6.56. The van der Waals surface area contributed by atoms with E-state index < -0.39 is 17.7 Å². The molecule has 0 radical (unpaired) electrons. The molecule has 2 aromatic heterocycles. The number of pyridine rings is 1. The van der Waals surface area contributed by atoms with Crippen LogP contribution in [0, 0.1) is 6.92 Å². The second kappa shape index (κ2) is 10.3. The predicted molar refractivity (Wildman–Crippen MR) is 137 cm³/mol. The predicted octanol–water partition coefficient (Wildman–Crippen LogP) is 5.65. The van der Waals surface area contributed by atoms with Gasteiger partial charge in [0.1, 0.15) is 11.4 Å². The number of likely N-dealkylation sites (tertiary alicyclic amines) is 1. The average Bonchev–Trinajstić information content (AvgIpc) is 3.31. The fourth-order valence-electron chi connectivity index (χ4n) is 4.93. The quantitative estimate of drug-likeness (QED) is 0.425. The highest BCUT2D eigenvalue weighted by molar-refractivity contribution is 5.95. The lowest BCUT2D eigenvalue weighted by atomic mass is 9.96. The lowest BCUT2D eigenvalue weighted by Crippen LogP contribution is -2.33. The Morgan fingerprint density at radius 2 is 1.92 bits per heavy atom. The van der Waals surface area contributed by atoms with Crippen molar-refractivity contribution >= 4 is 23.0 Å². The van der Waals surface area contributed by atoms with Crippen LogP contribution in [0.1, 0.15) is 73.3 Å². The number of carbonyl (C=O) groups excluding carboxylic acids is 2. The zero-order chi connectivity index (χ0) is 26.0. The van der Waals surface area contributed by atoms with Gasteiger partial charge in [-0.05, 0) is 76.9 Å². The summed E-state index contributed by atoms with van der Waals surface area (Å²) in [5, 5.41) is 0.969. The molecule has 1 aliphatic heterocycles. The number of rotatable bonds is 5. The number of nitrogens with zero attached hydrogens (tertiary/aromatic N) is 3. The molecular weight excluding hydrogens is 458 g/mol. The number of benzene rings is 1. The van der Waals surface area contributed by atoms with Crippen molar-refractivity contribution in [3.63, 3.8) is 0 Å².